The molecule has 0 spiro atoms. The highest BCUT2D eigenvalue weighted by atomic mass is 79.9. The summed E-state index contributed by atoms with van der Waals surface area (Å²) in [5.41, 5.74) is 2.16. The molecular formula is C14H12BrNOS. The molecule has 0 radical (unpaired) electrons. The minimum atomic E-state index is -0.0406. The molecule has 1 aliphatic heterocycles. The van der Waals surface area contributed by atoms with E-state index < -0.39 is 0 Å². The number of rotatable bonds is 2. The van der Waals surface area contributed by atoms with Gasteiger partial charge in [-0.2, -0.15) is 0 Å². The van der Waals surface area contributed by atoms with Crippen molar-refractivity contribution in [2.75, 3.05) is 11.9 Å². The van der Waals surface area contributed by atoms with Crippen molar-refractivity contribution in [1.82, 2.24) is 0 Å². The van der Waals surface area contributed by atoms with Gasteiger partial charge in [0.05, 0.1) is 5.92 Å². The van der Waals surface area contributed by atoms with Crippen molar-refractivity contribution in [1.29, 1.82) is 0 Å². The number of halogens is 1. The molecule has 0 fully saturated rings. The summed E-state index contributed by atoms with van der Waals surface area (Å²) in [7, 11) is 1.85. The molecule has 1 aromatic heterocycles. The Kier molecular flexibility index (Phi) is 2.99. The molecule has 3 rings (SSSR count). The fourth-order valence-electron chi connectivity index (χ4n) is 2.42. The normalized spacial score (nSPS) is 18.2. The van der Waals surface area contributed by atoms with Crippen molar-refractivity contribution >= 4 is 38.9 Å². The SMILES string of the molecule is CN1C(=O)[C@H](Cc2cccs2)c2cc(Br)ccc21. The fourth-order valence-corrected chi connectivity index (χ4v) is 3.55. The number of hydrogen-bond acceptors (Lipinski definition) is 2. The topological polar surface area (TPSA) is 20.3 Å². The van der Waals surface area contributed by atoms with Gasteiger partial charge in [0.25, 0.3) is 0 Å². The van der Waals surface area contributed by atoms with Gasteiger partial charge in [0.2, 0.25) is 5.91 Å². The number of amides is 1. The van der Waals surface area contributed by atoms with Crippen molar-refractivity contribution in [3.8, 4) is 0 Å². The van der Waals surface area contributed by atoms with Crippen LogP contribution in [0, 0.1) is 0 Å². The van der Waals surface area contributed by atoms with Crippen molar-refractivity contribution < 1.29 is 4.79 Å². The summed E-state index contributed by atoms with van der Waals surface area (Å²) in [6, 6.07) is 10.2. The first-order valence-corrected chi connectivity index (χ1v) is 7.43. The molecule has 1 aromatic carbocycles. The lowest BCUT2D eigenvalue weighted by Gasteiger charge is -2.10. The molecule has 18 heavy (non-hydrogen) atoms. The third-order valence-electron chi connectivity index (χ3n) is 3.34. The smallest absolute Gasteiger partial charge is 0.234 e. The molecule has 2 nitrogen and oxygen atoms in total. The Morgan fingerprint density at radius 1 is 1.39 bits per heavy atom. The Hall–Kier alpha value is -1.13. The highest BCUT2D eigenvalue weighted by Gasteiger charge is 2.35. The summed E-state index contributed by atoms with van der Waals surface area (Å²) in [4.78, 5) is 15.3. The number of nitrogens with zero attached hydrogens (tertiary/aromatic N) is 1. The van der Waals surface area contributed by atoms with Crippen LogP contribution >= 0.6 is 27.3 Å². The van der Waals surface area contributed by atoms with Crippen molar-refractivity contribution in [3.63, 3.8) is 0 Å². The first-order valence-electron chi connectivity index (χ1n) is 5.76. The molecular weight excluding hydrogens is 310 g/mol. The van der Waals surface area contributed by atoms with E-state index in [1.165, 1.54) is 4.88 Å². The molecule has 92 valence electrons. The van der Waals surface area contributed by atoms with Crippen molar-refractivity contribution in [3.05, 3.63) is 50.6 Å². The number of fused-ring (bicyclic) bond motifs is 1. The lowest BCUT2D eigenvalue weighted by atomic mass is 9.97. The van der Waals surface area contributed by atoms with Crippen LogP contribution in [0.3, 0.4) is 0 Å². The van der Waals surface area contributed by atoms with Gasteiger partial charge in [-0.25, -0.2) is 0 Å². The summed E-state index contributed by atoms with van der Waals surface area (Å²) in [5, 5.41) is 2.06. The maximum atomic E-state index is 12.3. The van der Waals surface area contributed by atoms with E-state index in [-0.39, 0.29) is 11.8 Å². The number of likely N-dealkylation sites (N-methyl/N-ethyl adjacent to an activating group) is 1. The Morgan fingerprint density at radius 3 is 2.94 bits per heavy atom. The van der Waals surface area contributed by atoms with E-state index in [1.807, 2.05) is 25.2 Å². The van der Waals surface area contributed by atoms with Crippen LogP contribution in [-0.4, -0.2) is 13.0 Å². The van der Waals surface area contributed by atoms with Gasteiger partial charge in [-0.3, -0.25) is 4.79 Å². The number of hydrogen-bond donors (Lipinski definition) is 0. The van der Waals surface area contributed by atoms with E-state index in [9.17, 15) is 4.79 Å². The quantitative estimate of drug-likeness (QED) is 0.823. The third kappa shape index (κ3) is 1.89. The van der Waals surface area contributed by atoms with E-state index in [0.29, 0.717) is 0 Å². The molecule has 2 heterocycles. The van der Waals surface area contributed by atoms with E-state index in [1.54, 1.807) is 16.2 Å². The van der Waals surface area contributed by atoms with Gasteiger partial charge in [-0.1, -0.05) is 22.0 Å². The second-order valence-corrected chi connectivity index (χ2v) is 6.38. The van der Waals surface area contributed by atoms with Crippen molar-refractivity contribution in [2.24, 2.45) is 0 Å². The molecule has 0 saturated heterocycles. The number of anilines is 1. The van der Waals surface area contributed by atoms with Crippen LogP contribution in [0.25, 0.3) is 0 Å². The largest absolute Gasteiger partial charge is 0.315 e. The summed E-state index contributed by atoms with van der Waals surface area (Å²) in [6.45, 7) is 0. The van der Waals surface area contributed by atoms with Crippen LogP contribution in [0.1, 0.15) is 16.4 Å². The van der Waals surface area contributed by atoms with Crippen LogP contribution < -0.4 is 4.90 Å². The zero-order valence-corrected chi connectivity index (χ0v) is 12.3. The first kappa shape index (κ1) is 11.9. The molecule has 1 atom stereocenters. The fraction of sp³-hybridized carbons (Fsp3) is 0.214. The molecule has 4 heteroatoms. The third-order valence-corrected chi connectivity index (χ3v) is 4.73. The summed E-state index contributed by atoms with van der Waals surface area (Å²) in [6.07, 6.45) is 0.796. The number of carbonyl (C=O) groups excluding carboxylic acids is 1. The number of carbonyl (C=O) groups is 1. The van der Waals surface area contributed by atoms with Crippen LogP contribution in [0.5, 0.6) is 0 Å². The average molecular weight is 322 g/mol. The summed E-state index contributed by atoms with van der Waals surface area (Å²) < 4.78 is 1.03. The molecule has 0 aliphatic carbocycles. The van der Waals surface area contributed by atoms with Crippen LogP contribution in [-0.2, 0) is 11.2 Å². The lowest BCUT2D eigenvalue weighted by Crippen LogP contribution is -2.24. The van der Waals surface area contributed by atoms with Crippen LogP contribution in [0.4, 0.5) is 5.69 Å². The van der Waals surface area contributed by atoms with Crippen LogP contribution in [0.2, 0.25) is 0 Å². The maximum absolute atomic E-state index is 12.3. The van der Waals surface area contributed by atoms with E-state index in [2.05, 4.69) is 33.4 Å². The molecule has 1 aliphatic rings. The molecule has 0 N–H and O–H groups in total. The summed E-state index contributed by atoms with van der Waals surface area (Å²) in [5.74, 6) is 0.151. The molecule has 0 bridgehead atoms. The predicted molar refractivity (Wildman–Crippen MR) is 78.3 cm³/mol. The van der Waals surface area contributed by atoms with Crippen molar-refractivity contribution in [2.45, 2.75) is 12.3 Å². The molecule has 0 unspecified atom stereocenters. The maximum Gasteiger partial charge on any atom is 0.234 e. The minimum Gasteiger partial charge on any atom is -0.315 e. The van der Waals surface area contributed by atoms with E-state index >= 15 is 0 Å². The second-order valence-electron chi connectivity index (χ2n) is 4.44. The van der Waals surface area contributed by atoms with Crippen LogP contribution in [0.15, 0.2) is 40.2 Å². The van der Waals surface area contributed by atoms with Gasteiger partial charge in [-0.15, -0.1) is 11.3 Å². The number of thiophene rings is 1. The Balaban J connectivity index is 2.01. The Labute approximate surface area is 118 Å². The lowest BCUT2D eigenvalue weighted by molar-refractivity contribution is -0.119. The minimum absolute atomic E-state index is 0.0406. The highest BCUT2D eigenvalue weighted by Crippen LogP contribution is 2.40. The zero-order chi connectivity index (χ0) is 12.7. The highest BCUT2D eigenvalue weighted by molar-refractivity contribution is 9.10. The Bertz CT molecular complexity index is 594. The van der Waals surface area contributed by atoms with E-state index in [4.69, 9.17) is 0 Å². The van der Waals surface area contributed by atoms with Gasteiger partial charge in [-0.05, 0) is 41.6 Å². The molecule has 2 aromatic rings. The van der Waals surface area contributed by atoms with Gasteiger partial charge < -0.3 is 4.90 Å². The number of benzene rings is 1. The van der Waals surface area contributed by atoms with Gasteiger partial charge >= 0.3 is 0 Å². The molecule has 0 saturated carbocycles. The monoisotopic (exact) mass is 321 g/mol. The van der Waals surface area contributed by atoms with Gasteiger partial charge in [0.15, 0.2) is 0 Å². The zero-order valence-electron chi connectivity index (χ0n) is 9.89. The second kappa shape index (κ2) is 4.52. The van der Waals surface area contributed by atoms with Gasteiger partial charge in [0, 0.05) is 22.1 Å². The molecule has 1 amide bonds. The van der Waals surface area contributed by atoms with E-state index in [0.717, 1.165) is 22.1 Å². The standard InChI is InChI=1S/C14H12BrNOS/c1-16-13-5-4-9(15)7-11(13)12(14(16)17)8-10-3-2-6-18-10/h2-7,12H,8H2,1H3/t12-/m1/s1. The van der Waals surface area contributed by atoms with Gasteiger partial charge in [0.1, 0.15) is 0 Å². The Morgan fingerprint density at radius 2 is 2.22 bits per heavy atom. The first-order chi connectivity index (χ1) is 8.66. The predicted octanol–water partition coefficient (Wildman–Crippen LogP) is 3.81. The average Bonchev–Trinajstić information content (AvgIpc) is 2.93. The summed E-state index contributed by atoms with van der Waals surface area (Å²) >= 11 is 5.19.